The Morgan fingerprint density at radius 3 is 2.80 bits per heavy atom. The van der Waals surface area contributed by atoms with Crippen LogP contribution in [-0.2, 0) is 0 Å². The second-order valence-electron chi connectivity index (χ2n) is 5.87. The van der Waals surface area contributed by atoms with E-state index in [9.17, 15) is 4.79 Å². The van der Waals surface area contributed by atoms with Crippen molar-refractivity contribution in [2.45, 2.75) is 19.9 Å². The van der Waals surface area contributed by atoms with E-state index in [4.69, 9.17) is 4.42 Å². The number of furan rings is 1. The fourth-order valence-corrected chi connectivity index (χ4v) is 3.05. The molecule has 0 aliphatic rings. The first-order chi connectivity index (χ1) is 12.2. The summed E-state index contributed by atoms with van der Waals surface area (Å²) in [7, 11) is 0. The van der Waals surface area contributed by atoms with Crippen LogP contribution in [0.15, 0.2) is 53.3 Å². The molecule has 132 valence electrons. The van der Waals surface area contributed by atoms with Crippen LogP contribution in [0.5, 0.6) is 0 Å². The lowest BCUT2D eigenvalue weighted by Crippen LogP contribution is -2.39. The number of rotatable bonds is 7. The SMILES string of the molecule is CCN(CC)[C@H](CNC(=O)Nc1ccc2[nH]ccc2c1)c1ccco1. The van der Waals surface area contributed by atoms with Crippen molar-refractivity contribution in [1.82, 2.24) is 15.2 Å². The maximum Gasteiger partial charge on any atom is 0.319 e. The number of hydrogen-bond acceptors (Lipinski definition) is 3. The highest BCUT2D eigenvalue weighted by Crippen LogP contribution is 2.21. The molecular formula is C19H24N4O2. The molecule has 25 heavy (non-hydrogen) atoms. The average molecular weight is 340 g/mol. The molecular weight excluding hydrogens is 316 g/mol. The van der Waals surface area contributed by atoms with Crippen LogP contribution in [0.3, 0.4) is 0 Å². The number of carbonyl (C=O) groups is 1. The highest BCUT2D eigenvalue weighted by atomic mass is 16.3. The van der Waals surface area contributed by atoms with Crippen molar-refractivity contribution in [3.8, 4) is 0 Å². The van der Waals surface area contributed by atoms with Crippen LogP contribution in [0.25, 0.3) is 10.9 Å². The Morgan fingerprint density at radius 1 is 1.24 bits per heavy atom. The zero-order valence-electron chi connectivity index (χ0n) is 14.6. The van der Waals surface area contributed by atoms with Crippen LogP contribution in [0.4, 0.5) is 10.5 Å². The number of aromatic amines is 1. The van der Waals surface area contributed by atoms with Gasteiger partial charge in [-0.05, 0) is 49.5 Å². The van der Waals surface area contributed by atoms with E-state index >= 15 is 0 Å². The number of fused-ring (bicyclic) bond motifs is 1. The standard InChI is InChI=1S/C19H24N4O2/c1-3-23(4-2)17(18-6-5-11-25-18)13-21-19(24)22-15-7-8-16-14(12-15)9-10-20-16/h5-12,17,20H,3-4,13H2,1-2H3,(H2,21,22,24)/t17-/m1/s1. The third-order valence-electron chi connectivity index (χ3n) is 4.39. The van der Waals surface area contributed by atoms with Gasteiger partial charge in [-0.3, -0.25) is 4.90 Å². The molecule has 0 bridgehead atoms. The van der Waals surface area contributed by atoms with Crippen LogP contribution in [-0.4, -0.2) is 35.5 Å². The summed E-state index contributed by atoms with van der Waals surface area (Å²) in [5.41, 5.74) is 1.81. The first-order valence-electron chi connectivity index (χ1n) is 8.60. The summed E-state index contributed by atoms with van der Waals surface area (Å²) in [4.78, 5) is 17.7. The Bertz CT molecular complexity index is 806. The minimum atomic E-state index is -0.224. The summed E-state index contributed by atoms with van der Waals surface area (Å²) in [5.74, 6) is 0.859. The number of anilines is 1. The summed E-state index contributed by atoms with van der Waals surface area (Å²) in [6.07, 6.45) is 3.55. The normalized spacial score (nSPS) is 12.4. The van der Waals surface area contributed by atoms with E-state index < -0.39 is 0 Å². The molecule has 1 aromatic carbocycles. The fraction of sp³-hybridized carbons (Fsp3) is 0.316. The van der Waals surface area contributed by atoms with Crippen molar-refractivity contribution < 1.29 is 9.21 Å². The number of nitrogens with zero attached hydrogens (tertiary/aromatic N) is 1. The molecule has 3 N–H and O–H groups in total. The van der Waals surface area contributed by atoms with Crippen molar-refractivity contribution in [2.24, 2.45) is 0 Å². The van der Waals surface area contributed by atoms with Crippen LogP contribution in [0.1, 0.15) is 25.6 Å². The molecule has 0 spiro atoms. The van der Waals surface area contributed by atoms with Crippen LogP contribution < -0.4 is 10.6 Å². The van der Waals surface area contributed by atoms with Gasteiger partial charge in [0.15, 0.2) is 0 Å². The number of hydrogen-bond donors (Lipinski definition) is 3. The van der Waals surface area contributed by atoms with Gasteiger partial charge in [0, 0.05) is 29.3 Å². The quantitative estimate of drug-likeness (QED) is 0.609. The number of aromatic nitrogens is 1. The van der Waals surface area contributed by atoms with Gasteiger partial charge >= 0.3 is 6.03 Å². The van der Waals surface area contributed by atoms with Gasteiger partial charge in [-0.15, -0.1) is 0 Å². The predicted molar refractivity (Wildman–Crippen MR) is 99.7 cm³/mol. The van der Waals surface area contributed by atoms with Crippen molar-refractivity contribution in [3.63, 3.8) is 0 Å². The van der Waals surface area contributed by atoms with Gasteiger partial charge in [-0.2, -0.15) is 0 Å². The van der Waals surface area contributed by atoms with Gasteiger partial charge in [0.1, 0.15) is 5.76 Å². The Kier molecular flexibility index (Phi) is 5.40. The van der Waals surface area contributed by atoms with Crippen molar-refractivity contribution in [2.75, 3.05) is 25.0 Å². The minimum absolute atomic E-state index is 0.0166. The Hall–Kier alpha value is -2.73. The topological polar surface area (TPSA) is 73.3 Å². The molecule has 0 aliphatic carbocycles. The molecule has 0 radical (unpaired) electrons. The number of benzene rings is 1. The Balaban J connectivity index is 1.62. The molecule has 0 saturated heterocycles. The Morgan fingerprint density at radius 2 is 2.08 bits per heavy atom. The molecule has 0 aliphatic heterocycles. The van der Waals surface area contributed by atoms with E-state index in [-0.39, 0.29) is 12.1 Å². The maximum absolute atomic E-state index is 12.3. The fourth-order valence-electron chi connectivity index (χ4n) is 3.05. The molecule has 0 fully saturated rings. The lowest BCUT2D eigenvalue weighted by atomic mass is 10.2. The van der Waals surface area contributed by atoms with Crippen LogP contribution >= 0.6 is 0 Å². The third kappa shape index (κ3) is 4.03. The van der Waals surface area contributed by atoms with Gasteiger partial charge in [-0.25, -0.2) is 4.79 Å². The molecule has 6 heteroatoms. The number of nitrogens with one attached hydrogen (secondary N) is 3. The zero-order valence-corrected chi connectivity index (χ0v) is 14.6. The molecule has 2 aromatic heterocycles. The smallest absolute Gasteiger partial charge is 0.319 e. The zero-order chi connectivity index (χ0) is 17.6. The van der Waals surface area contributed by atoms with E-state index in [1.54, 1.807) is 6.26 Å². The van der Waals surface area contributed by atoms with Gasteiger partial charge in [0.05, 0.1) is 12.3 Å². The molecule has 2 amide bonds. The number of urea groups is 1. The number of amides is 2. The van der Waals surface area contributed by atoms with Crippen molar-refractivity contribution in [1.29, 1.82) is 0 Å². The second-order valence-corrected chi connectivity index (χ2v) is 5.87. The van der Waals surface area contributed by atoms with E-state index in [1.165, 1.54) is 0 Å². The van der Waals surface area contributed by atoms with E-state index in [1.807, 2.05) is 42.6 Å². The largest absolute Gasteiger partial charge is 0.468 e. The molecule has 0 saturated carbocycles. The maximum atomic E-state index is 12.3. The van der Waals surface area contributed by atoms with Gasteiger partial charge in [0.25, 0.3) is 0 Å². The summed E-state index contributed by atoms with van der Waals surface area (Å²) in [6.45, 7) is 6.45. The highest BCUT2D eigenvalue weighted by Gasteiger charge is 2.21. The molecule has 3 rings (SSSR count). The van der Waals surface area contributed by atoms with Gasteiger partial charge in [0.2, 0.25) is 0 Å². The van der Waals surface area contributed by atoms with E-state index in [0.29, 0.717) is 6.54 Å². The summed E-state index contributed by atoms with van der Waals surface area (Å²) < 4.78 is 5.55. The highest BCUT2D eigenvalue weighted by molar-refractivity contribution is 5.92. The van der Waals surface area contributed by atoms with E-state index in [2.05, 4.69) is 34.4 Å². The lowest BCUT2D eigenvalue weighted by molar-refractivity contribution is 0.188. The first kappa shape index (κ1) is 17.1. The molecule has 0 unspecified atom stereocenters. The molecule has 2 heterocycles. The summed E-state index contributed by atoms with van der Waals surface area (Å²) in [6, 6.07) is 11.4. The molecule has 6 nitrogen and oxygen atoms in total. The predicted octanol–water partition coefficient (Wildman–Crippen LogP) is 3.97. The first-order valence-corrected chi connectivity index (χ1v) is 8.60. The lowest BCUT2D eigenvalue weighted by Gasteiger charge is -2.28. The van der Waals surface area contributed by atoms with E-state index in [0.717, 1.165) is 35.4 Å². The van der Waals surface area contributed by atoms with Gasteiger partial charge < -0.3 is 20.0 Å². The second kappa shape index (κ2) is 7.90. The molecule has 3 aromatic rings. The third-order valence-corrected chi connectivity index (χ3v) is 4.39. The van der Waals surface area contributed by atoms with Crippen LogP contribution in [0.2, 0.25) is 0 Å². The monoisotopic (exact) mass is 340 g/mol. The van der Waals surface area contributed by atoms with Gasteiger partial charge in [-0.1, -0.05) is 13.8 Å². The Labute approximate surface area is 147 Å². The minimum Gasteiger partial charge on any atom is -0.468 e. The average Bonchev–Trinajstić information content (AvgIpc) is 3.29. The number of likely N-dealkylation sites (N-methyl/N-ethyl adjacent to an activating group) is 1. The number of H-pyrrole nitrogens is 1. The van der Waals surface area contributed by atoms with Crippen LogP contribution in [0, 0.1) is 0 Å². The van der Waals surface area contributed by atoms with Crippen molar-refractivity contribution >= 4 is 22.6 Å². The number of carbonyl (C=O) groups excluding carboxylic acids is 1. The summed E-state index contributed by atoms with van der Waals surface area (Å²) >= 11 is 0. The van der Waals surface area contributed by atoms with Crippen molar-refractivity contribution in [3.05, 3.63) is 54.6 Å². The molecule has 1 atom stereocenters. The summed E-state index contributed by atoms with van der Waals surface area (Å²) in [5, 5.41) is 6.90.